The van der Waals surface area contributed by atoms with E-state index >= 15 is 0 Å². The maximum absolute atomic E-state index is 13.5. The van der Waals surface area contributed by atoms with E-state index in [4.69, 9.17) is 4.74 Å². The number of Topliss-reactive ketones (excluding diaryl/α,β-unsaturated/α-hetero) is 1. The Labute approximate surface area is 205 Å². The largest absolute Gasteiger partial charge is 0.461 e. The molecule has 2 aliphatic rings. The molecule has 2 fully saturated rings. The summed E-state index contributed by atoms with van der Waals surface area (Å²) in [5, 5.41) is 0. The molecule has 0 amide bonds. The summed E-state index contributed by atoms with van der Waals surface area (Å²) in [6, 6.07) is 0. The lowest BCUT2D eigenvalue weighted by Crippen LogP contribution is -2.37. The fourth-order valence-corrected chi connectivity index (χ4v) is 6.77. The van der Waals surface area contributed by atoms with Crippen LogP contribution in [0.15, 0.2) is 22.7 Å². The summed E-state index contributed by atoms with van der Waals surface area (Å²) in [5.41, 5.74) is 2.05. The van der Waals surface area contributed by atoms with Gasteiger partial charge in [0.05, 0.1) is 5.41 Å². The summed E-state index contributed by atoms with van der Waals surface area (Å²) in [6.45, 7) is 18.8. The summed E-state index contributed by atoms with van der Waals surface area (Å²) in [7, 11) is 0. The number of hydrogen-bond acceptors (Lipinski definition) is 3. The molecule has 0 aromatic rings. The minimum Gasteiger partial charge on any atom is -0.461 e. The smallest absolute Gasteiger partial charge is 0.311 e. The molecule has 0 unspecified atom stereocenters. The molecule has 0 radical (unpaired) electrons. The molecule has 0 aromatic heterocycles. The molecule has 5 atom stereocenters. The van der Waals surface area contributed by atoms with Crippen LogP contribution in [0.2, 0.25) is 0 Å². The number of halogens is 1. The van der Waals surface area contributed by atoms with Gasteiger partial charge in [0.25, 0.3) is 0 Å². The number of ketones is 1. The lowest BCUT2D eigenvalue weighted by molar-refractivity contribution is -0.152. The van der Waals surface area contributed by atoms with Gasteiger partial charge in [0.1, 0.15) is 12.4 Å². The molecule has 0 aromatic carbocycles. The van der Waals surface area contributed by atoms with E-state index in [2.05, 4.69) is 55.2 Å². The zero-order valence-electron chi connectivity index (χ0n) is 21.4. The second kappa shape index (κ2) is 11.0. The Morgan fingerprint density at radius 2 is 1.91 bits per heavy atom. The van der Waals surface area contributed by atoms with Crippen molar-refractivity contribution in [3.63, 3.8) is 0 Å². The standard InChI is InChI=1S/C28H45BrO3/c1-18(2)14-22(20(4)17-32-26(31)27(5,6)7)25(30)15-19(3)23-11-12-24-21(16-29)10-9-13-28(23,24)8/h16,18-19,22-24H,4,9-15,17H2,1-3,5-8H3/b21-16+/t19-,22-,23-,24+,28-/m1/s1. The van der Waals surface area contributed by atoms with Crippen molar-refractivity contribution in [1.29, 1.82) is 0 Å². The first kappa shape index (κ1) is 27.3. The van der Waals surface area contributed by atoms with Crippen molar-refractivity contribution in [2.75, 3.05) is 6.61 Å². The van der Waals surface area contributed by atoms with Gasteiger partial charge >= 0.3 is 5.97 Å². The van der Waals surface area contributed by atoms with Crippen LogP contribution in [0, 0.1) is 40.4 Å². The second-order valence-electron chi connectivity index (χ2n) is 12.1. The summed E-state index contributed by atoms with van der Waals surface area (Å²) in [4.78, 5) is 27.9. The predicted octanol–water partition coefficient (Wildman–Crippen LogP) is 7.88. The van der Waals surface area contributed by atoms with Gasteiger partial charge in [0, 0.05) is 12.3 Å². The topological polar surface area (TPSA) is 43.4 Å². The molecule has 3 nitrogen and oxygen atoms in total. The van der Waals surface area contributed by atoms with Crippen molar-refractivity contribution in [3.8, 4) is 0 Å². The summed E-state index contributed by atoms with van der Waals surface area (Å²) in [5.74, 6) is 1.74. The molecule has 0 heterocycles. The van der Waals surface area contributed by atoms with Gasteiger partial charge in [0.15, 0.2) is 0 Å². The van der Waals surface area contributed by atoms with E-state index < -0.39 is 5.41 Å². The van der Waals surface area contributed by atoms with Gasteiger partial charge in [-0.25, -0.2) is 0 Å². The highest BCUT2D eigenvalue weighted by Gasteiger charge is 2.51. The molecule has 2 saturated carbocycles. The maximum Gasteiger partial charge on any atom is 0.311 e. The van der Waals surface area contributed by atoms with Crippen LogP contribution in [-0.4, -0.2) is 18.4 Å². The molecular weight excluding hydrogens is 464 g/mol. The zero-order chi connectivity index (χ0) is 24.3. The maximum atomic E-state index is 13.5. The Balaban J connectivity index is 2.07. The Bertz CT molecular complexity index is 729. The van der Waals surface area contributed by atoms with Crippen molar-refractivity contribution in [2.45, 2.75) is 93.4 Å². The average molecular weight is 510 g/mol. The van der Waals surface area contributed by atoms with E-state index in [1.54, 1.807) is 5.57 Å². The third-order valence-corrected chi connectivity index (χ3v) is 8.57. The quantitative estimate of drug-likeness (QED) is 0.235. The van der Waals surface area contributed by atoms with Gasteiger partial charge in [-0.05, 0) is 98.9 Å². The van der Waals surface area contributed by atoms with Crippen LogP contribution < -0.4 is 0 Å². The first-order valence-corrected chi connectivity index (χ1v) is 13.4. The Morgan fingerprint density at radius 3 is 2.47 bits per heavy atom. The van der Waals surface area contributed by atoms with Gasteiger partial charge in [-0.2, -0.15) is 0 Å². The highest BCUT2D eigenvalue weighted by Crippen LogP contribution is 2.60. The molecule has 182 valence electrons. The predicted molar refractivity (Wildman–Crippen MR) is 136 cm³/mol. The molecule has 0 bridgehead atoms. The number of rotatable bonds is 9. The van der Waals surface area contributed by atoms with Gasteiger partial charge in [-0.15, -0.1) is 0 Å². The van der Waals surface area contributed by atoms with E-state index in [9.17, 15) is 9.59 Å². The zero-order valence-corrected chi connectivity index (χ0v) is 23.0. The van der Waals surface area contributed by atoms with E-state index in [-0.39, 0.29) is 24.3 Å². The number of esters is 1. The van der Waals surface area contributed by atoms with E-state index in [0.717, 1.165) is 12.0 Å². The van der Waals surface area contributed by atoms with Crippen molar-refractivity contribution >= 4 is 27.7 Å². The van der Waals surface area contributed by atoms with Crippen molar-refractivity contribution in [1.82, 2.24) is 0 Å². The molecular formula is C28H45BrO3. The third kappa shape index (κ3) is 6.36. The van der Waals surface area contributed by atoms with Crippen LogP contribution in [-0.2, 0) is 14.3 Å². The normalized spacial score (nSPS) is 29.0. The summed E-state index contributed by atoms with van der Waals surface area (Å²) in [6.07, 6.45) is 7.50. The Hall–Kier alpha value is -0.900. The van der Waals surface area contributed by atoms with E-state index in [1.807, 2.05) is 20.8 Å². The molecule has 2 rings (SSSR count). The minimum atomic E-state index is -0.552. The Morgan fingerprint density at radius 1 is 1.25 bits per heavy atom. The molecule has 4 heteroatoms. The van der Waals surface area contributed by atoms with Crippen LogP contribution in [0.1, 0.15) is 93.4 Å². The third-order valence-electron chi connectivity index (χ3n) is 7.98. The molecule has 0 aliphatic heterocycles. The molecule has 0 N–H and O–H groups in total. The molecule has 0 saturated heterocycles. The molecule has 0 spiro atoms. The van der Waals surface area contributed by atoms with Crippen molar-refractivity contribution in [3.05, 3.63) is 22.7 Å². The van der Waals surface area contributed by atoms with Crippen LogP contribution in [0.4, 0.5) is 0 Å². The number of carbonyl (C=O) groups excluding carboxylic acids is 2. The average Bonchev–Trinajstić information content (AvgIpc) is 3.05. The van der Waals surface area contributed by atoms with E-state index in [0.29, 0.717) is 35.5 Å². The van der Waals surface area contributed by atoms with Gasteiger partial charge < -0.3 is 4.74 Å². The highest BCUT2D eigenvalue weighted by atomic mass is 79.9. The first-order chi connectivity index (χ1) is 14.8. The number of carbonyl (C=O) groups is 2. The number of fused-ring (bicyclic) bond motifs is 1. The van der Waals surface area contributed by atoms with Crippen LogP contribution in [0.25, 0.3) is 0 Å². The monoisotopic (exact) mass is 508 g/mol. The lowest BCUT2D eigenvalue weighted by atomic mass is 9.61. The first-order valence-electron chi connectivity index (χ1n) is 12.5. The fourth-order valence-electron chi connectivity index (χ4n) is 6.22. The van der Waals surface area contributed by atoms with Gasteiger partial charge in [-0.3, -0.25) is 9.59 Å². The van der Waals surface area contributed by atoms with Crippen molar-refractivity contribution in [2.24, 2.45) is 40.4 Å². The van der Waals surface area contributed by atoms with Gasteiger partial charge in [-0.1, -0.05) is 55.8 Å². The lowest BCUT2D eigenvalue weighted by Gasteiger charge is -2.44. The second-order valence-corrected chi connectivity index (χ2v) is 12.6. The molecule has 32 heavy (non-hydrogen) atoms. The minimum absolute atomic E-state index is 0.135. The summed E-state index contributed by atoms with van der Waals surface area (Å²) >= 11 is 3.60. The van der Waals surface area contributed by atoms with Crippen LogP contribution >= 0.6 is 15.9 Å². The highest BCUT2D eigenvalue weighted by molar-refractivity contribution is 9.11. The van der Waals surface area contributed by atoms with Crippen LogP contribution in [0.5, 0.6) is 0 Å². The fraction of sp³-hybridized carbons (Fsp3) is 0.786. The SMILES string of the molecule is C=C(COC(=O)C(C)(C)C)[C@@H](CC(C)C)C(=O)C[C@@H](C)[C@H]1CC[C@H]2/C(=C/Br)CCC[C@]12C. The summed E-state index contributed by atoms with van der Waals surface area (Å²) < 4.78 is 5.50. The van der Waals surface area contributed by atoms with Crippen LogP contribution in [0.3, 0.4) is 0 Å². The number of ether oxygens (including phenoxy) is 1. The molecule has 2 aliphatic carbocycles. The number of hydrogen-bond donors (Lipinski definition) is 0. The number of allylic oxidation sites excluding steroid dienone is 1. The van der Waals surface area contributed by atoms with Crippen molar-refractivity contribution < 1.29 is 14.3 Å². The Kier molecular flexibility index (Phi) is 9.41. The van der Waals surface area contributed by atoms with E-state index in [1.165, 1.54) is 32.1 Å². The van der Waals surface area contributed by atoms with Gasteiger partial charge in [0.2, 0.25) is 0 Å².